The van der Waals surface area contributed by atoms with Gasteiger partial charge < -0.3 is 9.05 Å². The molecule has 0 aliphatic heterocycles. The van der Waals surface area contributed by atoms with Gasteiger partial charge in [0.05, 0.1) is 18.1 Å². The number of rotatable bonds is 8. The Balaban J connectivity index is 3.34. The van der Waals surface area contributed by atoms with E-state index >= 15 is 0 Å². The van der Waals surface area contributed by atoms with Crippen LogP contribution in [0.25, 0.3) is 0 Å². The second kappa shape index (κ2) is 7.26. The van der Waals surface area contributed by atoms with Gasteiger partial charge in [0.15, 0.2) is 0 Å². The van der Waals surface area contributed by atoms with Crippen molar-refractivity contribution in [3.8, 4) is 0 Å². The maximum atomic E-state index is 12.6. The first-order valence-corrected chi connectivity index (χ1v) is 7.73. The smallest absolute Gasteiger partial charge is 0.304 e. The molecule has 116 valence electrons. The van der Waals surface area contributed by atoms with Gasteiger partial charge in [-0.3, -0.25) is 24.8 Å². The van der Waals surface area contributed by atoms with Crippen LogP contribution in [-0.4, -0.2) is 23.1 Å². The van der Waals surface area contributed by atoms with Crippen LogP contribution < -0.4 is 0 Å². The molecule has 9 nitrogen and oxygen atoms in total. The summed E-state index contributed by atoms with van der Waals surface area (Å²) in [5.41, 5.74) is -0.432. The first-order chi connectivity index (χ1) is 9.85. The molecular formula is C11H15N2O7P. The fourth-order valence-corrected chi connectivity index (χ4v) is 3.59. The Hall–Kier alpha value is -1.83. The molecule has 1 rings (SSSR count). The van der Waals surface area contributed by atoms with Gasteiger partial charge in [0, 0.05) is 22.6 Å². The summed E-state index contributed by atoms with van der Waals surface area (Å²) in [6, 6.07) is 4.75. The lowest BCUT2D eigenvalue weighted by Gasteiger charge is -2.20. The highest BCUT2D eigenvalue weighted by Gasteiger charge is 2.47. The molecule has 1 aromatic carbocycles. The Labute approximate surface area is 120 Å². The molecule has 0 saturated carbocycles. The fourth-order valence-electron chi connectivity index (χ4n) is 1.76. The lowest BCUT2D eigenvalue weighted by molar-refractivity contribution is -0.507. The molecule has 0 saturated heterocycles. The molecule has 0 aliphatic carbocycles. The van der Waals surface area contributed by atoms with Crippen molar-refractivity contribution in [3.05, 3.63) is 50.1 Å². The van der Waals surface area contributed by atoms with Crippen molar-refractivity contribution in [2.24, 2.45) is 0 Å². The van der Waals surface area contributed by atoms with Gasteiger partial charge in [0.25, 0.3) is 5.69 Å². The first-order valence-electron chi connectivity index (χ1n) is 6.12. The van der Waals surface area contributed by atoms with E-state index in [1.807, 2.05) is 0 Å². The predicted octanol–water partition coefficient (Wildman–Crippen LogP) is 3.14. The van der Waals surface area contributed by atoms with Crippen LogP contribution in [0.3, 0.4) is 0 Å². The third kappa shape index (κ3) is 4.07. The minimum absolute atomic E-state index is 0.0451. The van der Waals surface area contributed by atoms with Crippen LogP contribution in [0.5, 0.6) is 0 Å². The first kappa shape index (κ1) is 17.2. The molecule has 0 aromatic heterocycles. The molecule has 0 N–H and O–H groups in total. The molecule has 0 spiro atoms. The van der Waals surface area contributed by atoms with Gasteiger partial charge in [-0.15, -0.1) is 0 Å². The molecule has 1 aromatic rings. The Bertz CT molecular complexity index is 567. The second-order valence-corrected chi connectivity index (χ2v) is 5.97. The van der Waals surface area contributed by atoms with E-state index in [0.29, 0.717) is 0 Å². The highest BCUT2D eigenvalue weighted by atomic mass is 31.2. The van der Waals surface area contributed by atoms with Crippen molar-refractivity contribution in [3.63, 3.8) is 0 Å². The minimum Gasteiger partial charge on any atom is -0.304 e. The predicted molar refractivity (Wildman–Crippen MR) is 73.7 cm³/mol. The van der Waals surface area contributed by atoms with Gasteiger partial charge in [-0.25, -0.2) is 0 Å². The third-order valence-corrected chi connectivity index (χ3v) is 4.82. The zero-order valence-corrected chi connectivity index (χ0v) is 12.4. The number of non-ortho nitro benzene ring substituents is 1. The van der Waals surface area contributed by atoms with E-state index in [-0.39, 0.29) is 24.5 Å². The maximum Gasteiger partial charge on any atom is 0.408 e. The summed E-state index contributed by atoms with van der Waals surface area (Å²) >= 11 is 0. The summed E-state index contributed by atoms with van der Waals surface area (Å²) in [4.78, 5) is 20.5. The van der Waals surface area contributed by atoms with Crippen molar-refractivity contribution < 1.29 is 23.5 Å². The Morgan fingerprint density at radius 3 is 2.19 bits per heavy atom. The zero-order chi connectivity index (χ0) is 16.0. The van der Waals surface area contributed by atoms with E-state index in [0.717, 1.165) is 6.07 Å². The number of benzene rings is 1. The van der Waals surface area contributed by atoms with Crippen LogP contribution in [0.2, 0.25) is 0 Å². The van der Waals surface area contributed by atoms with Crippen LogP contribution in [0.15, 0.2) is 24.3 Å². The minimum atomic E-state index is -4.08. The third-order valence-electron chi connectivity index (χ3n) is 2.50. The normalized spacial score (nSPS) is 12.9. The molecule has 0 radical (unpaired) electrons. The van der Waals surface area contributed by atoms with E-state index in [4.69, 9.17) is 9.05 Å². The maximum absolute atomic E-state index is 12.6. The Morgan fingerprint density at radius 2 is 1.76 bits per heavy atom. The highest BCUT2D eigenvalue weighted by molar-refractivity contribution is 7.54. The molecule has 21 heavy (non-hydrogen) atoms. The van der Waals surface area contributed by atoms with Crippen LogP contribution >= 0.6 is 7.60 Å². The zero-order valence-electron chi connectivity index (χ0n) is 11.5. The summed E-state index contributed by atoms with van der Waals surface area (Å²) < 4.78 is 22.5. The summed E-state index contributed by atoms with van der Waals surface area (Å²) in [7, 11) is -4.08. The monoisotopic (exact) mass is 318 g/mol. The molecule has 0 heterocycles. The molecule has 0 bridgehead atoms. The van der Waals surface area contributed by atoms with Crippen molar-refractivity contribution in [1.29, 1.82) is 0 Å². The molecule has 1 atom stereocenters. The van der Waals surface area contributed by atoms with Crippen LogP contribution in [0.1, 0.15) is 25.2 Å². The van der Waals surface area contributed by atoms with E-state index in [1.165, 1.54) is 32.0 Å². The molecule has 1 unspecified atom stereocenters. The summed E-state index contributed by atoms with van der Waals surface area (Å²) in [5, 5.41) is 22.0. The average Bonchev–Trinajstić information content (AvgIpc) is 2.39. The molecule has 0 fully saturated rings. The van der Waals surface area contributed by atoms with Crippen LogP contribution in [0.4, 0.5) is 5.69 Å². The van der Waals surface area contributed by atoms with Gasteiger partial charge in [-0.1, -0.05) is 12.1 Å². The number of hydrogen-bond donors (Lipinski definition) is 0. The number of nitro benzene ring substituents is 1. The van der Waals surface area contributed by atoms with Crippen molar-refractivity contribution >= 4 is 13.3 Å². The van der Waals surface area contributed by atoms with Crippen molar-refractivity contribution in [1.82, 2.24) is 0 Å². The van der Waals surface area contributed by atoms with Crippen LogP contribution in [-0.2, 0) is 13.6 Å². The van der Waals surface area contributed by atoms with E-state index in [1.54, 1.807) is 0 Å². The van der Waals surface area contributed by atoms with Crippen molar-refractivity contribution in [2.45, 2.75) is 19.6 Å². The highest BCUT2D eigenvalue weighted by Crippen LogP contribution is 2.61. The molecular weight excluding hydrogens is 303 g/mol. The Kier molecular flexibility index (Phi) is 5.95. The summed E-state index contributed by atoms with van der Waals surface area (Å²) in [5.74, 6) is -1.81. The van der Waals surface area contributed by atoms with Gasteiger partial charge in [0.1, 0.15) is 0 Å². The topological polar surface area (TPSA) is 122 Å². The van der Waals surface area contributed by atoms with Gasteiger partial charge >= 0.3 is 13.4 Å². The number of nitro groups is 2. The van der Waals surface area contributed by atoms with Gasteiger partial charge in [-0.05, 0) is 13.8 Å². The number of hydrogen-bond acceptors (Lipinski definition) is 7. The Morgan fingerprint density at radius 1 is 1.19 bits per heavy atom. The standard InChI is InChI=1S/C11H15N2O7P/c1-3-19-21(18,20-4-2)11(13(16)17)9-6-5-7-10(8-9)12(14)15/h5-8,11H,3-4H2,1-2H3. The van der Waals surface area contributed by atoms with Crippen molar-refractivity contribution in [2.75, 3.05) is 13.2 Å². The second-order valence-electron chi connectivity index (χ2n) is 3.89. The van der Waals surface area contributed by atoms with E-state index in [9.17, 15) is 24.8 Å². The van der Waals surface area contributed by atoms with Gasteiger partial charge in [-0.2, -0.15) is 0 Å². The lowest BCUT2D eigenvalue weighted by Crippen LogP contribution is -2.15. The average molecular weight is 318 g/mol. The van der Waals surface area contributed by atoms with E-state index < -0.39 is 23.2 Å². The largest absolute Gasteiger partial charge is 0.408 e. The van der Waals surface area contributed by atoms with Crippen LogP contribution in [0, 0.1) is 20.2 Å². The number of nitrogens with zero attached hydrogens (tertiary/aromatic N) is 2. The SMILES string of the molecule is CCOP(=O)(OCC)C(c1cccc([N+](=O)[O-])c1)[N+](=O)[O-]. The van der Waals surface area contributed by atoms with Gasteiger partial charge in [0.2, 0.25) is 0 Å². The summed E-state index contributed by atoms with van der Waals surface area (Å²) in [6.07, 6.45) is 0. The molecule has 0 aliphatic rings. The molecule has 0 amide bonds. The lowest BCUT2D eigenvalue weighted by atomic mass is 10.2. The molecule has 10 heteroatoms. The fraction of sp³-hybridized carbons (Fsp3) is 0.455. The van der Waals surface area contributed by atoms with E-state index in [2.05, 4.69) is 0 Å². The summed E-state index contributed by atoms with van der Waals surface area (Å²) in [6.45, 7) is 2.96. The quantitative estimate of drug-likeness (QED) is 0.410.